The molecule has 1 spiro atoms. The van der Waals surface area contributed by atoms with Crippen molar-refractivity contribution in [2.45, 2.75) is 55.9 Å². The van der Waals surface area contributed by atoms with Crippen LogP contribution < -0.4 is 4.74 Å². The summed E-state index contributed by atoms with van der Waals surface area (Å²) in [6, 6.07) is 5.44. The van der Waals surface area contributed by atoms with E-state index < -0.39 is 17.1 Å². The lowest BCUT2D eigenvalue weighted by Crippen LogP contribution is -2.74. The zero-order valence-corrected chi connectivity index (χ0v) is 16.3. The van der Waals surface area contributed by atoms with Gasteiger partial charge in [-0.1, -0.05) is 6.07 Å². The second kappa shape index (κ2) is 4.81. The minimum atomic E-state index is -1.24. The molecule has 2 aromatic rings. The molecule has 1 fully saturated rings. The van der Waals surface area contributed by atoms with Crippen molar-refractivity contribution in [3.8, 4) is 11.5 Å². The number of phenolic OH excluding ortho intramolecular Hbond substituents is 1. The van der Waals surface area contributed by atoms with Gasteiger partial charge in [0, 0.05) is 29.4 Å². The number of aromatic nitrogens is 1. The molecule has 2 aliphatic heterocycles. The molecule has 1 aromatic heterocycles. The van der Waals surface area contributed by atoms with E-state index in [9.17, 15) is 15.0 Å². The zero-order chi connectivity index (χ0) is 19.6. The lowest BCUT2D eigenvalue weighted by atomic mass is 9.48. The summed E-state index contributed by atoms with van der Waals surface area (Å²) in [4.78, 5) is 15.9. The second-order valence-corrected chi connectivity index (χ2v) is 9.08. The van der Waals surface area contributed by atoms with Crippen LogP contribution >= 0.6 is 0 Å². The predicted octanol–water partition coefficient (Wildman–Crippen LogP) is 2.12. The van der Waals surface area contributed by atoms with Crippen LogP contribution in [0.1, 0.15) is 53.5 Å². The fourth-order valence-corrected chi connectivity index (χ4v) is 6.48. The van der Waals surface area contributed by atoms with Crippen LogP contribution in [0.4, 0.5) is 0 Å². The number of likely N-dealkylation sites (N-methyl/N-ethyl adjacent to an activating group) is 1. The average molecular weight is 380 g/mol. The number of fused-ring (bicyclic) bond motifs is 1. The minimum Gasteiger partial charge on any atom is -0.504 e. The van der Waals surface area contributed by atoms with E-state index in [4.69, 9.17) is 4.74 Å². The monoisotopic (exact) mass is 380 g/mol. The van der Waals surface area contributed by atoms with Gasteiger partial charge in [0.2, 0.25) is 5.78 Å². The molecule has 28 heavy (non-hydrogen) atoms. The van der Waals surface area contributed by atoms with Crippen LogP contribution in [0.2, 0.25) is 0 Å². The lowest BCUT2D eigenvalue weighted by molar-refractivity contribution is -0.164. The smallest absolute Gasteiger partial charge is 0.221 e. The van der Waals surface area contributed by atoms with Gasteiger partial charge in [0.15, 0.2) is 17.6 Å². The molecule has 2 aliphatic carbocycles. The Morgan fingerprint density at radius 3 is 2.82 bits per heavy atom. The molecule has 4 aliphatic rings. The number of ether oxygens (including phenoxy) is 1. The molecule has 2 bridgehead atoms. The van der Waals surface area contributed by atoms with Crippen molar-refractivity contribution in [1.82, 2.24) is 9.47 Å². The maximum atomic E-state index is 13.7. The summed E-state index contributed by atoms with van der Waals surface area (Å²) < 4.78 is 8.14. The van der Waals surface area contributed by atoms with Gasteiger partial charge in [0.05, 0.1) is 11.1 Å². The van der Waals surface area contributed by atoms with E-state index >= 15 is 0 Å². The first-order chi connectivity index (χ1) is 13.3. The van der Waals surface area contributed by atoms with E-state index in [2.05, 4.69) is 4.90 Å². The number of phenols is 1. The van der Waals surface area contributed by atoms with Gasteiger partial charge in [0.1, 0.15) is 5.60 Å². The molecule has 0 radical (unpaired) electrons. The summed E-state index contributed by atoms with van der Waals surface area (Å²) in [7, 11) is 2.04. The van der Waals surface area contributed by atoms with E-state index in [1.165, 1.54) is 0 Å². The normalized spacial score (nSPS) is 35.0. The number of nitrogens with zero attached hydrogens (tertiary/aromatic N) is 2. The average Bonchev–Trinajstić information content (AvgIpc) is 3.24. The maximum Gasteiger partial charge on any atom is 0.221 e. The second-order valence-electron chi connectivity index (χ2n) is 9.08. The number of carbonyl (C=O) groups is 1. The fraction of sp³-hybridized carbons (Fsp3) is 0.500. The van der Waals surface area contributed by atoms with Crippen molar-refractivity contribution in [3.05, 3.63) is 46.8 Å². The Morgan fingerprint density at radius 2 is 2.07 bits per heavy atom. The molecule has 0 saturated carbocycles. The number of carbonyl (C=O) groups excluding carboxylic acids is 1. The highest BCUT2D eigenvalue weighted by Crippen LogP contribution is 2.67. The van der Waals surface area contributed by atoms with Crippen LogP contribution in [0, 0.1) is 0 Å². The van der Waals surface area contributed by atoms with Crippen molar-refractivity contribution < 1.29 is 19.7 Å². The zero-order valence-electron chi connectivity index (χ0n) is 16.3. The van der Waals surface area contributed by atoms with E-state index in [-0.39, 0.29) is 23.6 Å². The summed E-state index contributed by atoms with van der Waals surface area (Å²) in [5.41, 5.74) is 1.09. The van der Waals surface area contributed by atoms with Crippen LogP contribution in [-0.4, -0.2) is 51.2 Å². The van der Waals surface area contributed by atoms with Gasteiger partial charge >= 0.3 is 0 Å². The first-order valence-corrected chi connectivity index (χ1v) is 10.0. The predicted molar refractivity (Wildman–Crippen MR) is 102 cm³/mol. The molecule has 6 nitrogen and oxygen atoms in total. The number of rotatable bonds is 1. The highest BCUT2D eigenvalue weighted by molar-refractivity contribution is 6.04. The maximum absolute atomic E-state index is 13.7. The molecule has 1 saturated heterocycles. The van der Waals surface area contributed by atoms with Crippen LogP contribution in [0.3, 0.4) is 0 Å². The summed E-state index contributed by atoms with van der Waals surface area (Å²) >= 11 is 0. The Balaban J connectivity index is 1.75. The third-order valence-electron chi connectivity index (χ3n) is 7.67. The van der Waals surface area contributed by atoms with Crippen LogP contribution in [0.5, 0.6) is 11.5 Å². The fourth-order valence-electron chi connectivity index (χ4n) is 6.48. The van der Waals surface area contributed by atoms with Crippen molar-refractivity contribution in [2.75, 3.05) is 13.6 Å². The molecule has 4 atom stereocenters. The SMILES string of the molecule is CC(C)n1ccc2c1C(=O)[C@@H]1Oc3c(O)ccc4c3[C@@]13CCN(C)C(C4)[C@]23O. The summed E-state index contributed by atoms with van der Waals surface area (Å²) in [6.07, 6.45) is 2.38. The van der Waals surface area contributed by atoms with Gasteiger partial charge in [-0.25, -0.2) is 0 Å². The quantitative estimate of drug-likeness (QED) is 0.793. The van der Waals surface area contributed by atoms with E-state index in [0.717, 1.165) is 17.7 Å². The van der Waals surface area contributed by atoms with Crippen molar-refractivity contribution in [1.29, 1.82) is 0 Å². The highest BCUT2D eigenvalue weighted by atomic mass is 16.5. The van der Waals surface area contributed by atoms with Crippen molar-refractivity contribution >= 4 is 5.78 Å². The van der Waals surface area contributed by atoms with E-state index in [0.29, 0.717) is 29.8 Å². The Morgan fingerprint density at radius 1 is 1.29 bits per heavy atom. The summed E-state index contributed by atoms with van der Waals surface area (Å²) in [6.45, 7) is 4.84. The number of ketones is 1. The first-order valence-electron chi connectivity index (χ1n) is 10.0. The molecule has 146 valence electrons. The largest absolute Gasteiger partial charge is 0.504 e. The third-order valence-corrected chi connectivity index (χ3v) is 7.67. The number of aliphatic hydroxyl groups is 1. The van der Waals surface area contributed by atoms with Crippen LogP contribution in [0.25, 0.3) is 0 Å². The Kier molecular flexibility index (Phi) is 2.85. The third kappa shape index (κ3) is 1.48. The Bertz CT molecular complexity index is 1060. The molecular formula is C22H24N2O4. The standard InChI is InChI=1S/C22H24N2O4/c1-11(2)24-8-6-13-17(24)18(26)20-21-7-9-23(3)15(22(13,21)27)10-12-4-5-14(25)19(28-20)16(12)21/h4-6,8,11,15,20,25,27H,7,9-10H2,1-3H3/t15?,20-,21-,22+/m0/s1. The number of aromatic hydroxyl groups is 1. The first kappa shape index (κ1) is 16.6. The molecule has 6 rings (SSSR count). The van der Waals surface area contributed by atoms with E-state index in [1.54, 1.807) is 6.07 Å². The van der Waals surface area contributed by atoms with E-state index in [1.807, 2.05) is 43.8 Å². The number of benzene rings is 1. The molecule has 6 heteroatoms. The summed E-state index contributed by atoms with van der Waals surface area (Å²) in [5.74, 6) is 0.343. The van der Waals surface area contributed by atoms with Crippen molar-refractivity contribution in [2.24, 2.45) is 0 Å². The minimum absolute atomic E-state index is 0.0477. The Labute approximate surface area is 163 Å². The molecule has 3 heterocycles. The summed E-state index contributed by atoms with van der Waals surface area (Å²) in [5, 5.41) is 23.0. The van der Waals surface area contributed by atoms with Gasteiger partial charge in [0.25, 0.3) is 0 Å². The Hall–Kier alpha value is -2.31. The highest BCUT2D eigenvalue weighted by Gasteiger charge is 2.75. The number of Topliss-reactive ketones (excluding diaryl/α,β-unsaturated/α-hetero) is 1. The number of hydrogen-bond donors (Lipinski definition) is 2. The number of hydrogen-bond acceptors (Lipinski definition) is 5. The molecule has 2 N–H and O–H groups in total. The van der Waals surface area contributed by atoms with Crippen LogP contribution in [-0.2, 0) is 17.4 Å². The molecule has 0 amide bonds. The van der Waals surface area contributed by atoms with Gasteiger partial charge in [-0.2, -0.15) is 0 Å². The molecular weight excluding hydrogens is 356 g/mol. The molecule has 1 unspecified atom stereocenters. The van der Waals surface area contributed by atoms with Crippen LogP contribution in [0.15, 0.2) is 24.4 Å². The lowest BCUT2D eigenvalue weighted by Gasteiger charge is -2.61. The van der Waals surface area contributed by atoms with Gasteiger partial charge in [-0.05, 0) is 58.0 Å². The van der Waals surface area contributed by atoms with Gasteiger partial charge < -0.3 is 19.5 Å². The topological polar surface area (TPSA) is 74.9 Å². The van der Waals surface area contributed by atoms with Gasteiger partial charge in [-0.15, -0.1) is 0 Å². The number of likely N-dealkylation sites (tertiary alicyclic amines) is 1. The number of piperidine rings is 1. The molecule has 1 aromatic carbocycles. The van der Waals surface area contributed by atoms with Crippen molar-refractivity contribution in [3.63, 3.8) is 0 Å². The van der Waals surface area contributed by atoms with Gasteiger partial charge in [-0.3, -0.25) is 9.69 Å².